The maximum Gasteiger partial charge on any atom is 0.230 e. The number of carbonyl (C=O) groups excluding carboxylic acids is 1. The van der Waals surface area contributed by atoms with Crippen molar-refractivity contribution in [3.63, 3.8) is 0 Å². The Morgan fingerprint density at radius 3 is 2.68 bits per heavy atom. The molecule has 104 valence electrons. The van der Waals surface area contributed by atoms with Gasteiger partial charge >= 0.3 is 0 Å². The minimum atomic E-state index is -0.477. The van der Waals surface area contributed by atoms with E-state index in [0.717, 1.165) is 4.47 Å². The SMILES string of the molecule is CCC(C)(C)C(=O)Nc1ccc(Br)cc1/C(N)=N/O. The standard InChI is InChI=1S/C13H18BrN3O2/c1-4-13(2,3)12(18)16-10-6-5-8(14)7-9(10)11(15)17-19/h5-7,19H,4H2,1-3H3,(H2,15,17)(H,16,18). The van der Waals surface area contributed by atoms with Crippen LogP contribution in [-0.4, -0.2) is 17.0 Å². The number of anilines is 1. The van der Waals surface area contributed by atoms with Gasteiger partial charge in [-0.2, -0.15) is 0 Å². The number of hydrogen-bond acceptors (Lipinski definition) is 3. The Hall–Kier alpha value is -1.56. The molecular weight excluding hydrogens is 310 g/mol. The van der Waals surface area contributed by atoms with E-state index in [9.17, 15) is 4.79 Å². The second kappa shape index (κ2) is 6.06. The van der Waals surface area contributed by atoms with Gasteiger partial charge in [-0.05, 0) is 24.6 Å². The van der Waals surface area contributed by atoms with Crippen LogP contribution in [0.15, 0.2) is 27.8 Å². The average molecular weight is 328 g/mol. The molecule has 0 atom stereocenters. The number of hydrogen-bond donors (Lipinski definition) is 3. The van der Waals surface area contributed by atoms with Gasteiger partial charge < -0.3 is 16.3 Å². The van der Waals surface area contributed by atoms with Crippen LogP contribution in [0.5, 0.6) is 0 Å². The fraction of sp³-hybridized carbons (Fsp3) is 0.385. The summed E-state index contributed by atoms with van der Waals surface area (Å²) < 4.78 is 0.779. The van der Waals surface area contributed by atoms with Crippen LogP contribution in [-0.2, 0) is 4.79 Å². The molecule has 1 amide bonds. The highest BCUT2D eigenvalue weighted by Crippen LogP contribution is 2.25. The molecule has 0 aromatic heterocycles. The molecule has 1 aromatic carbocycles. The Labute approximate surface area is 121 Å². The zero-order valence-electron chi connectivity index (χ0n) is 11.2. The summed E-state index contributed by atoms with van der Waals surface area (Å²) >= 11 is 3.31. The summed E-state index contributed by atoms with van der Waals surface area (Å²) in [5, 5.41) is 14.6. The number of halogens is 1. The lowest BCUT2D eigenvalue weighted by Crippen LogP contribution is -2.31. The van der Waals surface area contributed by atoms with Gasteiger partial charge in [0.25, 0.3) is 0 Å². The quantitative estimate of drug-likeness (QED) is 0.344. The first-order chi connectivity index (χ1) is 8.81. The predicted octanol–water partition coefficient (Wildman–Crippen LogP) is 2.92. The number of nitrogens with one attached hydrogen (secondary N) is 1. The summed E-state index contributed by atoms with van der Waals surface area (Å²) in [6.45, 7) is 5.68. The molecule has 0 saturated carbocycles. The fourth-order valence-corrected chi connectivity index (χ4v) is 1.70. The Kier molecular flexibility index (Phi) is 4.94. The molecule has 0 aliphatic heterocycles. The average Bonchev–Trinajstić information content (AvgIpc) is 2.39. The predicted molar refractivity (Wildman–Crippen MR) is 79.4 cm³/mol. The number of benzene rings is 1. The molecule has 4 N–H and O–H groups in total. The van der Waals surface area contributed by atoms with Crippen LogP contribution in [0.2, 0.25) is 0 Å². The van der Waals surface area contributed by atoms with Crippen LogP contribution in [0, 0.1) is 5.41 Å². The molecule has 0 heterocycles. The van der Waals surface area contributed by atoms with E-state index in [0.29, 0.717) is 17.7 Å². The second-order valence-electron chi connectivity index (χ2n) is 4.87. The molecule has 0 aliphatic carbocycles. The minimum absolute atomic E-state index is 0.0501. The molecule has 1 aromatic rings. The Morgan fingerprint density at radius 2 is 2.16 bits per heavy atom. The highest BCUT2D eigenvalue weighted by Gasteiger charge is 2.26. The third-order valence-electron chi connectivity index (χ3n) is 3.11. The lowest BCUT2D eigenvalue weighted by molar-refractivity contribution is -0.124. The molecule has 0 saturated heterocycles. The zero-order chi connectivity index (χ0) is 14.6. The Morgan fingerprint density at radius 1 is 1.53 bits per heavy atom. The fourth-order valence-electron chi connectivity index (χ4n) is 1.34. The first-order valence-electron chi connectivity index (χ1n) is 5.90. The summed E-state index contributed by atoms with van der Waals surface area (Å²) in [7, 11) is 0. The van der Waals surface area contributed by atoms with Gasteiger partial charge in [-0.1, -0.05) is 41.9 Å². The summed E-state index contributed by atoms with van der Waals surface area (Å²) in [6, 6.07) is 5.17. The van der Waals surface area contributed by atoms with E-state index in [-0.39, 0.29) is 11.7 Å². The van der Waals surface area contributed by atoms with Crippen molar-refractivity contribution in [2.24, 2.45) is 16.3 Å². The van der Waals surface area contributed by atoms with Crippen LogP contribution in [0.4, 0.5) is 5.69 Å². The van der Waals surface area contributed by atoms with Crippen molar-refractivity contribution in [2.45, 2.75) is 27.2 Å². The third kappa shape index (κ3) is 3.70. The van der Waals surface area contributed by atoms with Crippen LogP contribution in [0.25, 0.3) is 0 Å². The van der Waals surface area contributed by atoms with Gasteiger partial charge in [-0.3, -0.25) is 4.79 Å². The molecule has 0 aliphatic rings. The topological polar surface area (TPSA) is 87.7 Å². The van der Waals surface area contributed by atoms with Crippen molar-refractivity contribution in [3.05, 3.63) is 28.2 Å². The van der Waals surface area contributed by atoms with Crippen molar-refractivity contribution in [3.8, 4) is 0 Å². The normalized spacial score (nSPS) is 12.3. The Balaban J connectivity index is 3.12. The zero-order valence-corrected chi connectivity index (χ0v) is 12.8. The summed E-state index contributed by atoms with van der Waals surface area (Å²) in [6.07, 6.45) is 0.717. The molecule has 0 fully saturated rings. The first kappa shape index (κ1) is 15.5. The number of amidine groups is 1. The number of nitrogens with two attached hydrogens (primary N) is 1. The van der Waals surface area contributed by atoms with Gasteiger partial charge in [0.05, 0.1) is 5.69 Å². The molecular formula is C13H18BrN3O2. The minimum Gasteiger partial charge on any atom is -0.409 e. The van der Waals surface area contributed by atoms with Gasteiger partial charge in [-0.15, -0.1) is 0 Å². The van der Waals surface area contributed by atoms with Crippen molar-refractivity contribution in [2.75, 3.05) is 5.32 Å². The Bertz CT molecular complexity index is 513. The lowest BCUT2D eigenvalue weighted by atomic mass is 9.89. The maximum absolute atomic E-state index is 12.1. The van der Waals surface area contributed by atoms with E-state index < -0.39 is 5.41 Å². The van der Waals surface area contributed by atoms with Crippen molar-refractivity contribution >= 4 is 33.4 Å². The number of rotatable bonds is 4. The molecule has 0 radical (unpaired) electrons. The molecule has 0 bridgehead atoms. The number of oxime groups is 1. The summed E-state index contributed by atoms with van der Waals surface area (Å²) in [5.41, 5.74) is 6.12. The third-order valence-corrected chi connectivity index (χ3v) is 3.61. The van der Waals surface area contributed by atoms with Gasteiger partial charge in [0.1, 0.15) is 0 Å². The van der Waals surface area contributed by atoms with E-state index in [1.54, 1.807) is 18.2 Å². The maximum atomic E-state index is 12.1. The number of carbonyl (C=O) groups is 1. The van der Waals surface area contributed by atoms with Crippen molar-refractivity contribution in [1.29, 1.82) is 0 Å². The highest BCUT2D eigenvalue weighted by molar-refractivity contribution is 9.10. The largest absolute Gasteiger partial charge is 0.409 e. The molecule has 6 heteroatoms. The number of nitrogens with zero attached hydrogens (tertiary/aromatic N) is 1. The highest BCUT2D eigenvalue weighted by atomic mass is 79.9. The van der Waals surface area contributed by atoms with Crippen LogP contribution >= 0.6 is 15.9 Å². The summed E-state index contributed by atoms with van der Waals surface area (Å²) in [4.78, 5) is 12.1. The van der Waals surface area contributed by atoms with E-state index in [2.05, 4.69) is 26.4 Å². The molecule has 1 rings (SSSR count). The van der Waals surface area contributed by atoms with E-state index >= 15 is 0 Å². The van der Waals surface area contributed by atoms with E-state index in [4.69, 9.17) is 10.9 Å². The van der Waals surface area contributed by atoms with Gasteiger partial charge in [0.2, 0.25) is 5.91 Å². The van der Waals surface area contributed by atoms with Gasteiger partial charge in [0, 0.05) is 15.5 Å². The van der Waals surface area contributed by atoms with Gasteiger partial charge in [0.15, 0.2) is 5.84 Å². The van der Waals surface area contributed by atoms with Crippen LogP contribution in [0.3, 0.4) is 0 Å². The van der Waals surface area contributed by atoms with E-state index in [1.807, 2.05) is 20.8 Å². The van der Waals surface area contributed by atoms with Crippen LogP contribution in [0.1, 0.15) is 32.8 Å². The van der Waals surface area contributed by atoms with Crippen molar-refractivity contribution in [1.82, 2.24) is 0 Å². The second-order valence-corrected chi connectivity index (χ2v) is 5.78. The first-order valence-corrected chi connectivity index (χ1v) is 6.70. The number of amides is 1. The lowest BCUT2D eigenvalue weighted by Gasteiger charge is -2.22. The molecule has 0 unspecified atom stereocenters. The smallest absolute Gasteiger partial charge is 0.230 e. The molecule has 0 spiro atoms. The molecule has 5 nitrogen and oxygen atoms in total. The van der Waals surface area contributed by atoms with Crippen LogP contribution < -0.4 is 11.1 Å². The monoisotopic (exact) mass is 327 g/mol. The van der Waals surface area contributed by atoms with E-state index in [1.165, 1.54) is 0 Å². The summed E-state index contributed by atoms with van der Waals surface area (Å²) in [5.74, 6) is -0.157. The van der Waals surface area contributed by atoms with Gasteiger partial charge in [-0.25, -0.2) is 0 Å². The van der Waals surface area contributed by atoms with Crippen molar-refractivity contribution < 1.29 is 10.0 Å². The molecule has 19 heavy (non-hydrogen) atoms.